The van der Waals surface area contributed by atoms with Crippen LogP contribution in [0.15, 0.2) is 22.8 Å². The van der Waals surface area contributed by atoms with E-state index in [0.717, 1.165) is 5.57 Å². The molecule has 0 spiro atoms. The van der Waals surface area contributed by atoms with Crippen molar-refractivity contribution < 1.29 is 34.5 Å². The first-order chi connectivity index (χ1) is 16.9. The van der Waals surface area contributed by atoms with Crippen LogP contribution in [0.1, 0.15) is 80.6 Å². The molecule has 5 aliphatic rings. The van der Waals surface area contributed by atoms with Gasteiger partial charge in [0.15, 0.2) is 5.78 Å². The SMILES string of the molecule is C/C(=C/C(=O)CC(C)C(=O)O)C1CC(=O)[C@@]2(C)C3=C4[C@]5(C)[C@@H](C[C@@H]3O)C(C)(C)C(=O)C[C@@H]5[C@]4(O)C[C@]12C. The highest BCUT2D eigenvalue weighted by Crippen LogP contribution is 2.81. The third kappa shape index (κ3) is 2.90. The van der Waals surface area contributed by atoms with Gasteiger partial charge in [-0.1, -0.05) is 40.2 Å². The van der Waals surface area contributed by atoms with Crippen molar-refractivity contribution in [3.63, 3.8) is 0 Å². The average molecular weight is 513 g/mol. The molecule has 7 nitrogen and oxygen atoms in total. The van der Waals surface area contributed by atoms with Gasteiger partial charge < -0.3 is 15.3 Å². The monoisotopic (exact) mass is 512 g/mol. The zero-order valence-electron chi connectivity index (χ0n) is 23.0. The zero-order valence-corrected chi connectivity index (χ0v) is 23.0. The summed E-state index contributed by atoms with van der Waals surface area (Å²) in [4.78, 5) is 51.1. The molecule has 0 heterocycles. The lowest BCUT2D eigenvalue weighted by molar-refractivity contribution is -0.232. The molecular formula is C30H40O7. The summed E-state index contributed by atoms with van der Waals surface area (Å²) in [6.45, 7) is 13.2. The second kappa shape index (κ2) is 7.50. The number of carbonyl (C=O) groups is 4. The van der Waals surface area contributed by atoms with Gasteiger partial charge in [0.2, 0.25) is 0 Å². The number of carboxylic acids is 1. The van der Waals surface area contributed by atoms with E-state index in [1.165, 1.54) is 13.0 Å². The minimum Gasteiger partial charge on any atom is -0.481 e. The molecule has 37 heavy (non-hydrogen) atoms. The number of allylic oxidation sites excluding steroid dienone is 2. The Labute approximate surface area is 218 Å². The standard InChI is InChI=1S/C30H40O7/c1-14(8-16(31)9-15(2)25(35)36)17-10-22(34)29(7)23-18(32)11-19-26(3,4)21(33)12-20-28(19,6)24(23)30(20,37)13-27(17,29)5/h8,15,17-20,32,37H,9-13H2,1-7H3,(H,35,36)/b14-8-/t15?,17?,18-,19-,20-,27+,28+,29-,30+/m0/s1. The number of carboxylic acid groups (broad SMARTS) is 1. The third-order valence-corrected chi connectivity index (χ3v) is 11.9. The largest absolute Gasteiger partial charge is 0.481 e. The predicted octanol–water partition coefficient (Wildman–Crippen LogP) is 3.66. The minimum absolute atomic E-state index is 0.000603. The highest BCUT2D eigenvalue weighted by atomic mass is 16.4. The van der Waals surface area contributed by atoms with Crippen LogP contribution in [0.5, 0.6) is 0 Å². The Bertz CT molecular complexity index is 1210. The molecule has 3 fully saturated rings. The number of aliphatic hydroxyl groups is 2. The van der Waals surface area contributed by atoms with E-state index in [9.17, 15) is 34.5 Å². The molecule has 0 saturated heterocycles. The van der Waals surface area contributed by atoms with Gasteiger partial charge in [0.05, 0.1) is 23.0 Å². The zero-order chi connectivity index (χ0) is 27.7. The Hall–Kier alpha value is -2.12. The van der Waals surface area contributed by atoms with Gasteiger partial charge in [-0.2, -0.15) is 0 Å². The van der Waals surface area contributed by atoms with Crippen LogP contribution in [-0.4, -0.2) is 50.3 Å². The van der Waals surface area contributed by atoms with E-state index in [2.05, 4.69) is 6.92 Å². The summed E-state index contributed by atoms with van der Waals surface area (Å²) in [5.41, 5.74) is -2.00. The van der Waals surface area contributed by atoms with Crippen LogP contribution in [0.3, 0.4) is 0 Å². The van der Waals surface area contributed by atoms with Crippen LogP contribution in [0.4, 0.5) is 0 Å². The average Bonchev–Trinajstić information content (AvgIpc) is 2.98. The molecule has 5 rings (SSSR count). The van der Waals surface area contributed by atoms with E-state index < -0.39 is 45.3 Å². The fourth-order valence-corrected chi connectivity index (χ4v) is 9.85. The number of aliphatic carboxylic acids is 1. The molecule has 9 atom stereocenters. The van der Waals surface area contributed by atoms with Crippen LogP contribution >= 0.6 is 0 Å². The maximum atomic E-state index is 13.9. The van der Waals surface area contributed by atoms with Crippen molar-refractivity contribution in [1.29, 1.82) is 0 Å². The van der Waals surface area contributed by atoms with Gasteiger partial charge in [0.25, 0.3) is 0 Å². The van der Waals surface area contributed by atoms with Gasteiger partial charge in [0, 0.05) is 36.0 Å². The highest BCUT2D eigenvalue weighted by Gasteiger charge is 2.81. The van der Waals surface area contributed by atoms with E-state index >= 15 is 0 Å². The predicted molar refractivity (Wildman–Crippen MR) is 135 cm³/mol. The van der Waals surface area contributed by atoms with Crippen LogP contribution in [0.25, 0.3) is 0 Å². The summed E-state index contributed by atoms with van der Waals surface area (Å²) < 4.78 is 0. The number of carbonyl (C=O) groups excluding carboxylic acids is 3. The molecule has 0 aromatic carbocycles. The summed E-state index contributed by atoms with van der Waals surface area (Å²) in [5, 5.41) is 33.1. The van der Waals surface area contributed by atoms with Crippen molar-refractivity contribution in [3.05, 3.63) is 22.8 Å². The number of hydrogen-bond donors (Lipinski definition) is 3. The van der Waals surface area contributed by atoms with Gasteiger partial charge in [-0.15, -0.1) is 0 Å². The molecule has 3 N–H and O–H groups in total. The summed E-state index contributed by atoms with van der Waals surface area (Å²) in [7, 11) is 0. The Kier molecular flexibility index (Phi) is 5.37. The fraction of sp³-hybridized carbons (Fsp3) is 0.733. The molecular weight excluding hydrogens is 472 g/mol. The van der Waals surface area contributed by atoms with Crippen LogP contribution in [0.2, 0.25) is 0 Å². The lowest BCUT2D eigenvalue weighted by atomic mass is 9.28. The number of rotatable bonds is 5. The van der Waals surface area contributed by atoms with E-state index in [1.807, 2.05) is 27.7 Å². The van der Waals surface area contributed by atoms with Crippen molar-refractivity contribution in [1.82, 2.24) is 0 Å². The number of fused-ring (bicyclic) bond motifs is 3. The summed E-state index contributed by atoms with van der Waals surface area (Å²) in [6.07, 6.45) is 1.53. The summed E-state index contributed by atoms with van der Waals surface area (Å²) >= 11 is 0. The first kappa shape index (κ1) is 26.5. The van der Waals surface area contributed by atoms with E-state index in [4.69, 9.17) is 0 Å². The number of aliphatic hydroxyl groups excluding tert-OH is 1. The Balaban J connectivity index is 1.63. The lowest BCUT2D eigenvalue weighted by Crippen LogP contribution is -2.77. The van der Waals surface area contributed by atoms with Crippen LogP contribution in [-0.2, 0) is 19.2 Å². The highest BCUT2D eigenvalue weighted by molar-refractivity contribution is 5.96. The van der Waals surface area contributed by atoms with Gasteiger partial charge in [-0.3, -0.25) is 19.2 Å². The molecule has 3 saturated carbocycles. The number of ketones is 3. The molecule has 0 amide bonds. The molecule has 2 unspecified atom stereocenters. The Morgan fingerprint density at radius 2 is 1.68 bits per heavy atom. The first-order valence-corrected chi connectivity index (χ1v) is 13.5. The molecule has 0 aliphatic heterocycles. The molecule has 5 aliphatic carbocycles. The normalized spacial score (nSPS) is 46.7. The molecule has 0 aromatic rings. The fourth-order valence-electron chi connectivity index (χ4n) is 9.85. The second-order valence-corrected chi connectivity index (χ2v) is 13.9. The first-order valence-electron chi connectivity index (χ1n) is 13.5. The second-order valence-electron chi connectivity index (χ2n) is 13.9. The molecule has 0 aromatic heterocycles. The quantitative estimate of drug-likeness (QED) is 0.379. The van der Waals surface area contributed by atoms with Crippen molar-refractivity contribution >= 4 is 23.3 Å². The maximum absolute atomic E-state index is 13.9. The summed E-state index contributed by atoms with van der Waals surface area (Å²) in [5.74, 6) is -2.78. The van der Waals surface area contributed by atoms with Crippen LogP contribution < -0.4 is 0 Å². The van der Waals surface area contributed by atoms with Crippen molar-refractivity contribution in [2.45, 2.75) is 92.3 Å². The minimum atomic E-state index is -1.28. The summed E-state index contributed by atoms with van der Waals surface area (Å²) in [6, 6.07) is 0. The Morgan fingerprint density at radius 3 is 2.27 bits per heavy atom. The maximum Gasteiger partial charge on any atom is 0.306 e. The number of Topliss-reactive ketones (excluding diaryl/α,β-unsaturated/α-hetero) is 2. The lowest BCUT2D eigenvalue weighted by Gasteiger charge is -2.76. The van der Waals surface area contributed by atoms with Gasteiger partial charge >= 0.3 is 5.97 Å². The van der Waals surface area contributed by atoms with E-state index in [1.54, 1.807) is 6.92 Å². The number of hydrogen-bond acceptors (Lipinski definition) is 6. The van der Waals surface area contributed by atoms with E-state index in [-0.39, 0.29) is 60.8 Å². The van der Waals surface area contributed by atoms with Gasteiger partial charge in [-0.25, -0.2) is 0 Å². The van der Waals surface area contributed by atoms with E-state index in [0.29, 0.717) is 17.6 Å². The van der Waals surface area contributed by atoms with Crippen molar-refractivity contribution in [3.8, 4) is 0 Å². The smallest absolute Gasteiger partial charge is 0.306 e. The Morgan fingerprint density at radius 1 is 1.05 bits per heavy atom. The van der Waals surface area contributed by atoms with Gasteiger partial charge in [0.1, 0.15) is 11.6 Å². The third-order valence-electron chi connectivity index (χ3n) is 11.9. The van der Waals surface area contributed by atoms with Crippen molar-refractivity contribution in [2.75, 3.05) is 0 Å². The molecule has 0 bridgehead atoms. The molecule has 7 heteroatoms. The molecule has 202 valence electrons. The molecule has 0 radical (unpaired) electrons. The topological polar surface area (TPSA) is 129 Å². The van der Waals surface area contributed by atoms with Gasteiger partial charge in [-0.05, 0) is 61.2 Å². The van der Waals surface area contributed by atoms with Crippen molar-refractivity contribution in [2.24, 2.45) is 45.3 Å². The van der Waals surface area contributed by atoms with Crippen LogP contribution in [0, 0.1) is 45.3 Å².